The van der Waals surface area contributed by atoms with Crippen LogP contribution in [0, 0.1) is 0 Å². The van der Waals surface area contributed by atoms with Gasteiger partial charge in [0.05, 0.1) is 0 Å². The molecule has 86 valence electrons. The Morgan fingerprint density at radius 1 is 1.31 bits per heavy atom. The smallest absolute Gasteiger partial charge is 0.136 e. The topological polar surface area (TPSA) is 29.3 Å². The Morgan fingerprint density at radius 2 is 2.25 bits per heavy atom. The average molecular weight is 217 g/mol. The Labute approximate surface area is 96.5 Å². The maximum absolute atomic E-state index is 4.27. The first kappa shape index (κ1) is 11.1. The molecule has 0 bridgehead atoms. The van der Waals surface area contributed by atoms with Gasteiger partial charge in [0.15, 0.2) is 0 Å². The lowest BCUT2D eigenvalue weighted by molar-refractivity contribution is 0.608. The van der Waals surface area contributed by atoms with Crippen molar-refractivity contribution in [3.05, 3.63) is 36.3 Å². The maximum atomic E-state index is 4.27. The van der Waals surface area contributed by atoms with E-state index in [2.05, 4.69) is 33.8 Å². The number of nitrogens with one attached hydrogen (secondary N) is 1. The first-order valence-corrected chi connectivity index (χ1v) is 6.03. The van der Waals surface area contributed by atoms with Crippen LogP contribution in [0.5, 0.6) is 0 Å². The minimum Gasteiger partial charge on any atom is -0.311 e. The fourth-order valence-electron chi connectivity index (χ4n) is 1.87. The van der Waals surface area contributed by atoms with Crippen LogP contribution in [-0.2, 0) is 6.54 Å². The van der Waals surface area contributed by atoms with Gasteiger partial charge in [0, 0.05) is 24.6 Å². The molecule has 0 radical (unpaired) electrons. The maximum Gasteiger partial charge on any atom is 0.136 e. The van der Waals surface area contributed by atoms with Crippen LogP contribution in [0.2, 0.25) is 0 Å². The van der Waals surface area contributed by atoms with Gasteiger partial charge in [-0.15, -0.1) is 0 Å². The van der Waals surface area contributed by atoms with Crippen LogP contribution in [0.25, 0.3) is 5.65 Å². The molecular formula is C13H19N3. The number of imidazole rings is 1. The molecule has 2 aromatic heterocycles. The molecule has 0 saturated carbocycles. The molecule has 2 rings (SSSR count). The predicted octanol–water partition coefficient (Wildman–Crippen LogP) is 2.61. The number of pyridine rings is 1. The van der Waals surface area contributed by atoms with Crippen molar-refractivity contribution in [2.75, 3.05) is 6.54 Å². The van der Waals surface area contributed by atoms with Crippen molar-refractivity contribution in [3.63, 3.8) is 0 Å². The van der Waals surface area contributed by atoms with Crippen LogP contribution < -0.4 is 5.32 Å². The Hall–Kier alpha value is -1.35. The number of hydrogen-bond donors (Lipinski definition) is 1. The van der Waals surface area contributed by atoms with Crippen LogP contribution >= 0.6 is 0 Å². The van der Waals surface area contributed by atoms with Crippen LogP contribution in [-0.4, -0.2) is 15.9 Å². The highest BCUT2D eigenvalue weighted by molar-refractivity contribution is 5.39. The lowest BCUT2D eigenvalue weighted by atomic mass is 10.2. The van der Waals surface area contributed by atoms with E-state index in [9.17, 15) is 0 Å². The molecule has 0 aromatic carbocycles. The predicted molar refractivity (Wildman–Crippen MR) is 66.4 cm³/mol. The van der Waals surface area contributed by atoms with Gasteiger partial charge in [0.1, 0.15) is 5.65 Å². The number of rotatable bonds is 6. The zero-order valence-electron chi connectivity index (χ0n) is 9.82. The second-order valence-electron chi connectivity index (χ2n) is 4.06. The Balaban J connectivity index is 1.91. The lowest BCUT2D eigenvalue weighted by Crippen LogP contribution is -2.16. The Bertz CT molecular complexity index is 433. The Kier molecular flexibility index (Phi) is 3.94. The largest absolute Gasteiger partial charge is 0.311 e. The van der Waals surface area contributed by atoms with Crippen LogP contribution in [0.3, 0.4) is 0 Å². The molecule has 0 fully saturated rings. The van der Waals surface area contributed by atoms with E-state index in [0.29, 0.717) is 0 Å². The summed E-state index contributed by atoms with van der Waals surface area (Å²) in [7, 11) is 0. The SMILES string of the molecule is CCCCCNCc1cccc2nccn12. The molecule has 0 aliphatic rings. The molecule has 0 saturated heterocycles. The summed E-state index contributed by atoms with van der Waals surface area (Å²) in [6.45, 7) is 4.24. The fraction of sp³-hybridized carbons (Fsp3) is 0.462. The zero-order valence-corrected chi connectivity index (χ0v) is 9.82. The first-order chi connectivity index (χ1) is 7.92. The van der Waals surface area contributed by atoms with Gasteiger partial charge in [-0.3, -0.25) is 0 Å². The lowest BCUT2D eigenvalue weighted by Gasteiger charge is -2.06. The van der Waals surface area contributed by atoms with Crippen LogP contribution in [0.15, 0.2) is 30.6 Å². The summed E-state index contributed by atoms with van der Waals surface area (Å²) in [5, 5.41) is 3.47. The first-order valence-electron chi connectivity index (χ1n) is 6.03. The van der Waals surface area contributed by atoms with Crippen molar-refractivity contribution in [1.29, 1.82) is 0 Å². The van der Waals surface area contributed by atoms with Crippen molar-refractivity contribution in [1.82, 2.24) is 14.7 Å². The van der Waals surface area contributed by atoms with Gasteiger partial charge < -0.3 is 9.72 Å². The fourth-order valence-corrected chi connectivity index (χ4v) is 1.87. The molecule has 2 aromatic rings. The van der Waals surface area contributed by atoms with Gasteiger partial charge in [-0.25, -0.2) is 4.98 Å². The van der Waals surface area contributed by atoms with Gasteiger partial charge in [-0.2, -0.15) is 0 Å². The summed E-state index contributed by atoms with van der Waals surface area (Å²) >= 11 is 0. The molecule has 0 spiro atoms. The van der Waals surface area contributed by atoms with Gasteiger partial charge in [0.2, 0.25) is 0 Å². The van der Waals surface area contributed by atoms with E-state index in [1.54, 1.807) is 0 Å². The molecule has 0 amide bonds. The standard InChI is InChI=1S/C13H19N3/c1-2-3-4-8-14-11-12-6-5-7-13-15-9-10-16(12)13/h5-7,9-10,14H,2-4,8,11H2,1H3. The molecular weight excluding hydrogens is 198 g/mol. The second-order valence-corrected chi connectivity index (χ2v) is 4.06. The molecule has 16 heavy (non-hydrogen) atoms. The third kappa shape index (κ3) is 2.61. The van der Waals surface area contributed by atoms with Crippen molar-refractivity contribution >= 4 is 5.65 Å². The summed E-state index contributed by atoms with van der Waals surface area (Å²) < 4.78 is 2.13. The highest BCUT2D eigenvalue weighted by Crippen LogP contribution is 2.05. The molecule has 0 atom stereocenters. The van der Waals surface area contributed by atoms with Gasteiger partial charge in [-0.05, 0) is 25.1 Å². The van der Waals surface area contributed by atoms with Crippen molar-refractivity contribution in [2.45, 2.75) is 32.7 Å². The minimum atomic E-state index is 0.914. The van der Waals surface area contributed by atoms with E-state index < -0.39 is 0 Å². The quantitative estimate of drug-likeness (QED) is 0.754. The molecule has 0 aliphatic heterocycles. The van der Waals surface area contributed by atoms with Gasteiger partial charge in [-0.1, -0.05) is 25.8 Å². The summed E-state index contributed by atoms with van der Waals surface area (Å²) in [5.41, 5.74) is 2.29. The van der Waals surface area contributed by atoms with E-state index in [4.69, 9.17) is 0 Å². The average Bonchev–Trinajstić information content (AvgIpc) is 2.77. The van der Waals surface area contributed by atoms with Crippen molar-refractivity contribution in [2.24, 2.45) is 0 Å². The summed E-state index contributed by atoms with van der Waals surface area (Å²) in [6, 6.07) is 6.23. The molecule has 3 heteroatoms. The number of aromatic nitrogens is 2. The monoisotopic (exact) mass is 217 g/mol. The summed E-state index contributed by atoms with van der Waals surface area (Å²) in [6.07, 6.45) is 7.70. The van der Waals surface area contributed by atoms with Gasteiger partial charge in [0.25, 0.3) is 0 Å². The summed E-state index contributed by atoms with van der Waals surface area (Å²) in [4.78, 5) is 4.27. The molecule has 2 heterocycles. The highest BCUT2D eigenvalue weighted by Gasteiger charge is 1.99. The van der Waals surface area contributed by atoms with E-state index in [0.717, 1.165) is 18.7 Å². The third-order valence-electron chi connectivity index (χ3n) is 2.78. The zero-order chi connectivity index (χ0) is 11.2. The number of nitrogens with zero attached hydrogens (tertiary/aromatic N) is 2. The normalized spacial score (nSPS) is 11.1. The van der Waals surface area contributed by atoms with Crippen LogP contribution in [0.1, 0.15) is 31.9 Å². The van der Waals surface area contributed by atoms with Crippen molar-refractivity contribution in [3.8, 4) is 0 Å². The molecule has 0 aliphatic carbocycles. The molecule has 3 nitrogen and oxygen atoms in total. The van der Waals surface area contributed by atoms with Crippen molar-refractivity contribution < 1.29 is 0 Å². The van der Waals surface area contributed by atoms with Crippen LogP contribution in [0.4, 0.5) is 0 Å². The van der Waals surface area contributed by atoms with E-state index in [1.807, 2.05) is 18.5 Å². The Morgan fingerprint density at radius 3 is 3.12 bits per heavy atom. The number of unbranched alkanes of at least 4 members (excludes halogenated alkanes) is 2. The van der Waals surface area contributed by atoms with E-state index in [-0.39, 0.29) is 0 Å². The number of hydrogen-bond acceptors (Lipinski definition) is 2. The second kappa shape index (κ2) is 5.66. The minimum absolute atomic E-state index is 0.914. The third-order valence-corrected chi connectivity index (χ3v) is 2.78. The number of fused-ring (bicyclic) bond motifs is 1. The summed E-state index contributed by atoms with van der Waals surface area (Å²) in [5.74, 6) is 0. The highest BCUT2D eigenvalue weighted by atomic mass is 15.0. The van der Waals surface area contributed by atoms with E-state index >= 15 is 0 Å². The van der Waals surface area contributed by atoms with E-state index in [1.165, 1.54) is 25.0 Å². The molecule has 1 N–H and O–H groups in total. The molecule has 0 unspecified atom stereocenters. The van der Waals surface area contributed by atoms with Gasteiger partial charge >= 0.3 is 0 Å².